The number of hydrogen-bond acceptors (Lipinski definition) is 3. The van der Waals surface area contributed by atoms with Gasteiger partial charge >= 0.3 is 81.3 Å². The second-order valence-electron chi connectivity index (χ2n) is 3.00. The molecule has 0 aliphatic carbocycles. The van der Waals surface area contributed by atoms with Crippen molar-refractivity contribution in [2.75, 3.05) is 0 Å². The Hall–Kier alpha value is 1.03. The van der Waals surface area contributed by atoms with Crippen LogP contribution in [0.25, 0.3) is 0 Å². The Morgan fingerprint density at radius 3 is 2.09 bits per heavy atom. The molecule has 0 aromatic heterocycles. The second kappa shape index (κ2) is 4.91. The first-order chi connectivity index (χ1) is 4.83. The molecule has 0 atom stereocenters. The van der Waals surface area contributed by atoms with Crippen LogP contribution in [0.5, 0.6) is 0 Å². The predicted octanol–water partition coefficient (Wildman–Crippen LogP) is 1.52. The van der Waals surface area contributed by atoms with E-state index in [4.69, 9.17) is 4.49 Å². The van der Waals surface area contributed by atoms with E-state index in [-0.39, 0.29) is 5.97 Å². The van der Waals surface area contributed by atoms with Crippen molar-refractivity contribution in [3.05, 3.63) is 0 Å². The van der Waals surface area contributed by atoms with Crippen molar-refractivity contribution in [2.45, 2.75) is 26.7 Å². The maximum atomic E-state index is 10.6. The summed E-state index contributed by atoms with van der Waals surface area (Å²) in [6.45, 7) is 1.44. The first-order valence-electron chi connectivity index (χ1n) is 3.52. The third-order valence-electron chi connectivity index (χ3n) is 0.839. The quantitative estimate of drug-likeness (QED) is 0.705. The van der Waals surface area contributed by atoms with Crippen LogP contribution in [0, 0.1) is 0 Å². The second-order valence-corrected chi connectivity index (χ2v) is 21.3. The Bertz CT molecular complexity index is 145. The van der Waals surface area contributed by atoms with Crippen molar-refractivity contribution < 1.29 is 9.28 Å². The van der Waals surface area contributed by atoms with E-state index in [1.54, 1.807) is 0 Å². The zero-order valence-electron chi connectivity index (χ0n) is 7.72. The molecule has 0 spiro atoms. The van der Waals surface area contributed by atoms with Crippen LogP contribution in [0.1, 0.15) is 6.92 Å². The summed E-state index contributed by atoms with van der Waals surface area (Å²) < 4.78 is 10.9. The Morgan fingerprint density at radius 1 is 1.36 bits per heavy atom. The zero-order valence-corrected chi connectivity index (χ0v) is 13.4. The van der Waals surface area contributed by atoms with Gasteiger partial charge in [0.2, 0.25) is 0 Å². The molecule has 0 aliphatic heterocycles. The molecule has 0 unspecified atom stereocenters. The normalized spacial score (nSPS) is 11.8. The van der Waals surface area contributed by atoms with Crippen LogP contribution in [-0.2, 0) is 9.28 Å². The molecule has 0 saturated carbocycles. The molecule has 0 N–H and O–H groups in total. The van der Waals surface area contributed by atoms with Gasteiger partial charge in [0.05, 0.1) is 0 Å². The van der Waals surface area contributed by atoms with Gasteiger partial charge in [-0.3, -0.25) is 0 Å². The molecule has 0 amide bonds. The van der Waals surface area contributed by atoms with Crippen molar-refractivity contribution in [1.82, 2.24) is 0 Å². The van der Waals surface area contributed by atoms with Crippen molar-refractivity contribution in [2.24, 2.45) is 0 Å². The summed E-state index contributed by atoms with van der Waals surface area (Å²) in [7, 11) is 0. The summed E-state index contributed by atoms with van der Waals surface area (Å²) in [4.78, 5) is 18.9. The van der Waals surface area contributed by atoms with Crippen molar-refractivity contribution in [1.29, 1.82) is 0 Å². The summed E-state index contributed by atoms with van der Waals surface area (Å²) in [5, 5.41) is 0. The molecule has 3 nitrogen and oxygen atoms in total. The summed E-state index contributed by atoms with van der Waals surface area (Å²) in [5.74, 6) is -0.199. The fourth-order valence-corrected chi connectivity index (χ4v) is 25.4. The van der Waals surface area contributed by atoms with Crippen molar-refractivity contribution in [3.8, 4) is 0 Å². The number of rotatable bonds is 3. The van der Waals surface area contributed by atoms with Gasteiger partial charge < -0.3 is 0 Å². The van der Waals surface area contributed by atoms with Crippen LogP contribution >= 0.6 is 0 Å². The maximum absolute atomic E-state index is 10.6. The molecule has 11 heavy (non-hydrogen) atoms. The standard InChI is InChI=1S/C2H4O2.4CH3.O.2Sn/c1-2(3)4;;;;;;;/h1H3,(H,3,4);4*1H3;;;/q;;;;;;;+1/p-1. The Morgan fingerprint density at radius 2 is 1.82 bits per heavy atom. The van der Waals surface area contributed by atoms with Crippen LogP contribution < -0.4 is 0 Å². The topological polar surface area (TPSA) is 35.5 Å². The number of carbonyl (C=O) groups excluding carboxylic acids is 1. The van der Waals surface area contributed by atoms with Crippen molar-refractivity contribution >= 4 is 45.3 Å². The average Bonchev–Trinajstić information content (AvgIpc) is 1.53. The molecule has 0 aliphatic rings. The third-order valence-corrected chi connectivity index (χ3v) is 22.9. The van der Waals surface area contributed by atoms with Crippen LogP contribution in [0.4, 0.5) is 0 Å². The molecule has 0 aromatic carbocycles. The zero-order chi connectivity index (χ0) is 9.07. The fourth-order valence-electron chi connectivity index (χ4n) is 0.859. The first kappa shape index (κ1) is 12.0. The van der Waals surface area contributed by atoms with Crippen LogP contribution in [-0.4, -0.2) is 45.3 Å². The third kappa shape index (κ3) is 7.39. The number of carbonyl (C=O) groups is 1. The van der Waals surface area contributed by atoms with Gasteiger partial charge in [-0.15, -0.1) is 0 Å². The Balaban J connectivity index is 3.89. The van der Waals surface area contributed by atoms with Gasteiger partial charge in [0.15, 0.2) is 0 Å². The summed E-state index contributed by atoms with van der Waals surface area (Å²) in [6, 6.07) is 0. The Kier molecular flexibility index (Phi) is 5.37. The average molecular weight is 373 g/mol. The van der Waals surface area contributed by atoms with Crippen LogP contribution in [0.3, 0.4) is 0 Å². The van der Waals surface area contributed by atoms with Gasteiger partial charge in [-0.25, -0.2) is 0 Å². The van der Waals surface area contributed by atoms with Gasteiger partial charge in [0, 0.05) is 0 Å². The molecule has 5 heteroatoms. The summed E-state index contributed by atoms with van der Waals surface area (Å²) >= 11 is -4.33. The van der Waals surface area contributed by atoms with E-state index in [0.29, 0.717) is 0 Å². The van der Waals surface area contributed by atoms with Crippen LogP contribution in [0.2, 0.25) is 19.8 Å². The van der Waals surface area contributed by atoms with Gasteiger partial charge in [-0.2, -0.15) is 0 Å². The SMILES string of the molecule is CC(=O)[O][Sn]([CH3])([CH3])[O][Sn]([CH3])[CH3]. The van der Waals surface area contributed by atoms with E-state index in [0.717, 1.165) is 0 Å². The van der Waals surface area contributed by atoms with Crippen molar-refractivity contribution in [3.63, 3.8) is 0 Å². The minimum atomic E-state index is -2.79. The first-order valence-corrected chi connectivity index (χ1v) is 18.4. The molecule has 0 bridgehead atoms. The van der Waals surface area contributed by atoms with E-state index in [1.807, 2.05) is 9.88 Å². The minimum absolute atomic E-state index is 0.199. The molecular weight excluding hydrogens is 357 g/mol. The van der Waals surface area contributed by atoms with E-state index in [9.17, 15) is 4.79 Å². The molecule has 0 rings (SSSR count). The molecule has 0 aromatic rings. The molecule has 1 radical (unpaired) electrons. The molecular formula is C6H15O3Sn2. The predicted molar refractivity (Wildman–Crippen MR) is 47.8 cm³/mol. The van der Waals surface area contributed by atoms with Gasteiger partial charge in [-0.1, -0.05) is 0 Å². The van der Waals surface area contributed by atoms with Gasteiger partial charge in [0.1, 0.15) is 0 Å². The molecule has 65 valence electrons. The van der Waals surface area contributed by atoms with Gasteiger partial charge in [-0.05, 0) is 0 Å². The molecule has 0 fully saturated rings. The van der Waals surface area contributed by atoms with E-state index >= 15 is 0 Å². The fraction of sp³-hybridized carbons (Fsp3) is 0.833. The van der Waals surface area contributed by atoms with Crippen LogP contribution in [0.15, 0.2) is 0 Å². The van der Waals surface area contributed by atoms with E-state index in [2.05, 4.69) is 9.88 Å². The van der Waals surface area contributed by atoms with E-state index in [1.165, 1.54) is 6.92 Å². The molecule has 0 heterocycles. The number of hydrogen-bond donors (Lipinski definition) is 0. The van der Waals surface area contributed by atoms with Gasteiger partial charge in [0.25, 0.3) is 0 Å². The molecule has 0 saturated heterocycles. The monoisotopic (exact) mass is 375 g/mol. The Labute approximate surface area is 80.7 Å². The summed E-state index contributed by atoms with van der Waals surface area (Å²) in [5.41, 5.74) is 0. The van der Waals surface area contributed by atoms with E-state index < -0.39 is 39.4 Å². The summed E-state index contributed by atoms with van der Waals surface area (Å²) in [6.07, 6.45) is 0.